The van der Waals surface area contributed by atoms with E-state index in [1.807, 2.05) is 6.07 Å². The summed E-state index contributed by atoms with van der Waals surface area (Å²) in [7, 11) is -3.62. The maximum absolute atomic E-state index is 13.7. The normalized spacial score (nSPS) is 15.0. The zero-order valence-electron chi connectivity index (χ0n) is 21.1. The van der Waals surface area contributed by atoms with Gasteiger partial charge in [-0.1, -0.05) is 38.2 Å². The predicted molar refractivity (Wildman–Crippen MR) is 144 cm³/mol. The quantitative estimate of drug-likeness (QED) is 0.396. The van der Waals surface area contributed by atoms with E-state index in [0.29, 0.717) is 43.5 Å². The maximum Gasteiger partial charge on any atom is 0.260 e. The Balaban J connectivity index is 1.62. The molecular formula is C26H34N4O4S2. The Bertz CT molecular complexity index is 1280. The molecule has 0 bridgehead atoms. The van der Waals surface area contributed by atoms with Gasteiger partial charge in [0.15, 0.2) is 5.13 Å². The summed E-state index contributed by atoms with van der Waals surface area (Å²) < 4.78 is 33.7. The minimum Gasteiger partial charge on any atom is -0.379 e. The monoisotopic (exact) mass is 530 g/mol. The highest BCUT2D eigenvalue weighted by Gasteiger charge is 2.27. The van der Waals surface area contributed by atoms with Crippen LogP contribution in [0.5, 0.6) is 0 Å². The van der Waals surface area contributed by atoms with Crippen molar-refractivity contribution in [3.05, 3.63) is 53.6 Å². The molecule has 1 fully saturated rings. The molecule has 4 rings (SSSR count). The summed E-state index contributed by atoms with van der Waals surface area (Å²) in [5, 5.41) is 0.653. The summed E-state index contributed by atoms with van der Waals surface area (Å²) in [6, 6.07) is 12.5. The summed E-state index contributed by atoms with van der Waals surface area (Å²) >= 11 is 1.51. The van der Waals surface area contributed by atoms with E-state index in [1.165, 1.54) is 33.3 Å². The number of hydrogen-bond donors (Lipinski definition) is 0. The van der Waals surface area contributed by atoms with E-state index in [-0.39, 0.29) is 10.8 Å². The van der Waals surface area contributed by atoms with Gasteiger partial charge in [0.2, 0.25) is 10.0 Å². The molecule has 0 unspecified atom stereocenters. The van der Waals surface area contributed by atoms with Crippen LogP contribution in [0.1, 0.15) is 36.7 Å². The van der Waals surface area contributed by atoms with Crippen LogP contribution < -0.4 is 4.90 Å². The number of amides is 1. The van der Waals surface area contributed by atoms with Gasteiger partial charge in [-0.15, -0.1) is 0 Å². The smallest absolute Gasteiger partial charge is 0.260 e. The number of rotatable bonds is 10. The number of aryl methyl sites for hydroxylation is 1. The number of fused-ring (bicyclic) bond motifs is 1. The van der Waals surface area contributed by atoms with Gasteiger partial charge in [-0.05, 0) is 61.5 Å². The van der Waals surface area contributed by atoms with Crippen LogP contribution >= 0.6 is 11.3 Å². The first kappa shape index (κ1) is 26.7. The lowest BCUT2D eigenvalue weighted by molar-refractivity contribution is 0.0730. The Labute approximate surface area is 217 Å². The number of aromatic nitrogens is 1. The molecule has 10 heteroatoms. The largest absolute Gasteiger partial charge is 0.379 e. The maximum atomic E-state index is 13.7. The molecule has 0 radical (unpaired) electrons. The lowest BCUT2D eigenvalue weighted by atomic mass is 10.2. The molecule has 8 nitrogen and oxygen atoms in total. The van der Waals surface area contributed by atoms with E-state index < -0.39 is 10.0 Å². The summed E-state index contributed by atoms with van der Waals surface area (Å²) in [5.41, 5.74) is 2.54. The lowest BCUT2D eigenvalue weighted by Gasteiger charge is -2.26. The number of thiazole rings is 1. The third-order valence-electron chi connectivity index (χ3n) is 6.57. The van der Waals surface area contributed by atoms with Crippen LogP contribution in [0.25, 0.3) is 10.2 Å². The first-order chi connectivity index (χ1) is 17.4. The standard InChI is InChI=1S/C26H34N4O4S2/c1-4-20-7-12-23-24(19-20)35-26(27-23)30(14-13-28(5-2)6-3)25(31)21-8-10-22(11-9-21)36(32,33)29-15-17-34-18-16-29/h7-12,19H,4-6,13-18H2,1-3H3. The molecule has 1 aliphatic rings. The van der Waals surface area contributed by atoms with Crippen LogP contribution in [-0.2, 0) is 21.2 Å². The number of ether oxygens (including phenoxy) is 1. The lowest BCUT2D eigenvalue weighted by Crippen LogP contribution is -2.40. The molecular weight excluding hydrogens is 496 g/mol. The van der Waals surface area contributed by atoms with Crippen LogP contribution in [-0.4, -0.2) is 81.0 Å². The highest BCUT2D eigenvalue weighted by Crippen LogP contribution is 2.31. The molecule has 0 atom stereocenters. The molecule has 0 N–H and O–H groups in total. The Morgan fingerprint density at radius 1 is 1.03 bits per heavy atom. The Morgan fingerprint density at radius 2 is 1.72 bits per heavy atom. The highest BCUT2D eigenvalue weighted by atomic mass is 32.2. The molecule has 0 saturated carbocycles. The van der Waals surface area contributed by atoms with Gasteiger partial charge in [-0.2, -0.15) is 4.31 Å². The molecule has 3 aromatic rings. The summed E-state index contributed by atoms with van der Waals surface area (Å²) in [5.74, 6) is -0.188. The molecule has 2 heterocycles. The molecule has 1 aromatic heterocycles. The Morgan fingerprint density at radius 3 is 2.36 bits per heavy atom. The van der Waals surface area contributed by atoms with Crippen LogP contribution in [0, 0.1) is 0 Å². The van der Waals surface area contributed by atoms with Gasteiger partial charge in [-0.3, -0.25) is 9.69 Å². The second-order valence-corrected chi connectivity index (χ2v) is 11.6. The van der Waals surface area contributed by atoms with Gasteiger partial charge in [0.05, 0.1) is 28.3 Å². The fourth-order valence-corrected chi connectivity index (χ4v) is 6.68. The van der Waals surface area contributed by atoms with E-state index in [1.54, 1.807) is 17.0 Å². The van der Waals surface area contributed by atoms with Gasteiger partial charge >= 0.3 is 0 Å². The molecule has 194 valence electrons. The number of hydrogen-bond acceptors (Lipinski definition) is 7. The number of nitrogens with zero attached hydrogens (tertiary/aromatic N) is 4. The summed E-state index contributed by atoms with van der Waals surface area (Å²) in [4.78, 5) is 22.6. The SMILES string of the molecule is CCc1ccc2nc(N(CCN(CC)CC)C(=O)c3ccc(S(=O)(=O)N4CCOCC4)cc3)sc2c1. The van der Waals surface area contributed by atoms with Crippen molar-refractivity contribution in [1.82, 2.24) is 14.2 Å². The van der Waals surface area contributed by atoms with Gasteiger partial charge in [0.25, 0.3) is 5.91 Å². The van der Waals surface area contributed by atoms with Crippen LogP contribution in [0.4, 0.5) is 5.13 Å². The van der Waals surface area contributed by atoms with Crippen LogP contribution in [0.3, 0.4) is 0 Å². The number of morpholine rings is 1. The second-order valence-electron chi connectivity index (χ2n) is 8.68. The van der Waals surface area contributed by atoms with E-state index in [9.17, 15) is 13.2 Å². The second kappa shape index (κ2) is 11.8. The summed E-state index contributed by atoms with van der Waals surface area (Å²) in [6.45, 7) is 10.8. The zero-order valence-corrected chi connectivity index (χ0v) is 22.8. The predicted octanol–water partition coefficient (Wildman–Crippen LogP) is 3.87. The van der Waals surface area contributed by atoms with Gasteiger partial charge < -0.3 is 9.64 Å². The Hall–Kier alpha value is -2.37. The molecule has 0 aliphatic carbocycles. The van der Waals surface area contributed by atoms with Crippen molar-refractivity contribution in [2.75, 3.05) is 57.4 Å². The number of sulfonamides is 1. The fraction of sp³-hybridized carbons (Fsp3) is 0.462. The van der Waals surface area contributed by atoms with E-state index >= 15 is 0 Å². The van der Waals surface area contributed by atoms with E-state index in [2.05, 4.69) is 37.8 Å². The molecule has 0 spiro atoms. The number of carbonyl (C=O) groups is 1. The first-order valence-corrected chi connectivity index (χ1v) is 14.7. The highest BCUT2D eigenvalue weighted by molar-refractivity contribution is 7.89. The third-order valence-corrected chi connectivity index (χ3v) is 9.52. The van der Waals surface area contributed by atoms with Crippen molar-refractivity contribution in [1.29, 1.82) is 0 Å². The van der Waals surface area contributed by atoms with Crippen molar-refractivity contribution >= 4 is 42.6 Å². The fourth-order valence-electron chi connectivity index (χ4n) is 4.22. The van der Waals surface area contributed by atoms with Crippen LogP contribution in [0.2, 0.25) is 0 Å². The van der Waals surface area contributed by atoms with Crippen LogP contribution in [0.15, 0.2) is 47.4 Å². The molecule has 2 aromatic carbocycles. The van der Waals surface area contributed by atoms with Crippen molar-refractivity contribution < 1.29 is 17.9 Å². The zero-order chi connectivity index (χ0) is 25.7. The first-order valence-electron chi connectivity index (χ1n) is 12.5. The van der Waals surface area contributed by atoms with Gasteiger partial charge in [0, 0.05) is 31.7 Å². The van der Waals surface area contributed by atoms with Crippen molar-refractivity contribution in [2.24, 2.45) is 0 Å². The van der Waals surface area contributed by atoms with E-state index in [4.69, 9.17) is 9.72 Å². The average Bonchev–Trinajstić information content (AvgIpc) is 3.34. The minimum atomic E-state index is -3.62. The topological polar surface area (TPSA) is 83.1 Å². The number of benzene rings is 2. The minimum absolute atomic E-state index is 0.183. The molecule has 1 aliphatic heterocycles. The summed E-state index contributed by atoms with van der Waals surface area (Å²) in [6.07, 6.45) is 0.938. The Kier molecular flexibility index (Phi) is 8.74. The van der Waals surface area contributed by atoms with Crippen molar-refractivity contribution in [3.63, 3.8) is 0 Å². The van der Waals surface area contributed by atoms with Crippen molar-refractivity contribution in [2.45, 2.75) is 32.1 Å². The number of carbonyl (C=O) groups excluding carboxylic acids is 1. The third kappa shape index (κ3) is 5.78. The van der Waals surface area contributed by atoms with Gasteiger partial charge in [-0.25, -0.2) is 13.4 Å². The van der Waals surface area contributed by atoms with Crippen molar-refractivity contribution in [3.8, 4) is 0 Å². The number of likely N-dealkylation sites (N-methyl/N-ethyl adjacent to an activating group) is 1. The molecule has 1 saturated heterocycles. The number of anilines is 1. The molecule has 1 amide bonds. The molecule has 36 heavy (non-hydrogen) atoms. The average molecular weight is 531 g/mol. The van der Waals surface area contributed by atoms with E-state index in [0.717, 1.165) is 36.3 Å². The van der Waals surface area contributed by atoms with Gasteiger partial charge in [0.1, 0.15) is 0 Å².